The van der Waals surface area contributed by atoms with Crippen molar-refractivity contribution in [3.05, 3.63) is 71.0 Å². The maximum Gasteiger partial charge on any atom is 0.242 e. The summed E-state index contributed by atoms with van der Waals surface area (Å²) in [5, 5.41) is 3.12. The first-order valence-corrected chi connectivity index (χ1v) is 10.8. The van der Waals surface area contributed by atoms with Crippen LogP contribution in [0, 0.1) is 12.7 Å². The van der Waals surface area contributed by atoms with E-state index in [0.717, 1.165) is 36.8 Å². The smallest absolute Gasteiger partial charge is 0.242 e. The fraction of sp³-hybridized carbons (Fsp3) is 0.440. The summed E-state index contributed by atoms with van der Waals surface area (Å²) in [5.41, 5.74) is 2.38. The van der Waals surface area contributed by atoms with E-state index in [1.807, 2.05) is 31.2 Å². The van der Waals surface area contributed by atoms with Crippen LogP contribution >= 0.6 is 0 Å². The summed E-state index contributed by atoms with van der Waals surface area (Å²) in [6, 6.07) is 13.7. The Labute approximate surface area is 178 Å². The Kier molecular flexibility index (Phi) is 7.61. The molecule has 3 rings (SSSR count). The van der Waals surface area contributed by atoms with Gasteiger partial charge in [0.25, 0.3) is 0 Å². The van der Waals surface area contributed by atoms with Crippen molar-refractivity contribution < 1.29 is 14.0 Å². The van der Waals surface area contributed by atoms with E-state index in [2.05, 4.69) is 5.32 Å². The van der Waals surface area contributed by atoms with Crippen molar-refractivity contribution in [3.8, 4) is 0 Å². The maximum absolute atomic E-state index is 14.1. The Bertz CT molecular complexity index is 877. The lowest BCUT2D eigenvalue weighted by Crippen LogP contribution is -2.50. The second-order valence-corrected chi connectivity index (χ2v) is 8.24. The number of hydrogen-bond donors (Lipinski definition) is 1. The van der Waals surface area contributed by atoms with Crippen LogP contribution in [0.4, 0.5) is 4.39 Å². The normalized spacial score (nSPS) is 15.4. The molecule has 1 atom stereocenters. The molecule has 0 aliphatic heterocycles. The van der Waals surface area contributed by atoms with Gasteiger partial charge >= 0.3 is 0 Å². The number of nitrogens with one attached hydrogen (secondary N) is 1. The number of benzene rings is 2. The molecule has 1 aliphatic carbocycles. The zero-order chi connectivity index (χ0) is 21.5. The van der Waals surface area contributed by atoms with E-state index in [4.69, 9.17) is 0 Å². The number of carbonyl (C=O) groups excluding carboxylic acids is 2. The molecule has 160 valence electrons. The van der Waals surface area contributed by atoms with Crippen LogP contribution in [0.3, 0.4) is 0 Å². The summed E-state index contributed by atoms with van der Waals surface area (Å²) in [5.74, 6) is -0.798. The summed E-state index contributed by atoms with van der Waals surface area (Å²) in [4.78, 5) is 27.7. The Morgan fingerprint density at radius 3 is 2.33 bits per heavy atom. The van der Waals surface area contributed by atoms with Crippen molar-refractivity contribution in [1.82, 2.24) is 10.2 Å². The monoisotopic (exact) mass is 410 g/mol. The minimum absolute atomic E-state index is 0.0698. The minimum Gasteiger partial charge on any atom is -0.352 e. The molecule has 1 saturated carbocycles. The number of amides is 2. The summed E-state index contributed by atoms with van der Waals surface area (Å²) in [6.45, 7) is 4.07. The number of nitrogens with zero attached hydrogens (tertiary/aromatic N) is 1. The predicted octanol–water partition coefficient (Wildman–Crippen LogP) is 4.54. The number of rotatable bonds is 7. The van der Waals surface area contributed by atoms with Gasteiger partial charge in [-0.2, -0.15) is 0 Å². The van der Waals surface area contributed by atoms with Gasteiger partial charge in [-0.25, -0.2) is 4.39 Å². The Hall–Kier alpha value is -2.69. The van der Waals surface area contributed by atoms with Crippen molar-refractivity contribution in [1.29, 1.82) is 0 Å². The number of halogens is 1. The number of carbonyl (C=O) groups is 2. The van der Waals surface area contributed by atoms with Gasteiger partial charge in [-0.1, -0.05) is 61.7 Å². The van der Waals surface area contributed by atoms with Crippen LogP contribution in [0.2, 0.25) is 0 Å². The molecule has 1 N–H and O–H groups in total. The molecule has 2 aromatic rings. The molecule has 0 saturated heterocycles. The molecule has 0 bridgehead atoms. The van der Waals surface area contributed by atoms with Crippen LogP contribution in [0.25, 0.3) is 0 Å². The third kappa shape index (κ3) is 5.68. The van der Waals surface area contributed by atoms with Crippen LogP contribution in [-0.4, -0.2) is 28.8 Å². The maximum atomic E-state index is 14.1. The molecular weight excluding hydrogens is 379 g/mol. The van der Waals surface area contributed by atoms with Crippen LogP contribution in [0.5, 0.6) is 0 Å². The summed E-state index contributed by atoms with van der Waals surface area (Å²) in [7, 11) is 0. The van der Waals surface area contributed by atoms with Gasteiger partial charge in [0.15, 0.2) is 0 Å². The van der Waals surface area contributed by atoms with Crippen LogP contribution in [0.15, 0.2) is 48.5 Å². The van der Waals surface area contributed by atoms with Crippen LogP contribution < -0.4 is 5.32 Å². The zero-order valence-electron chi connectivity index (χ0n) is 17.9. The first-order valence-electron chi connectivity index (χ1n) is 10.8. The topological polar surface area (TPSA) is 49.4 Å². The highest BCUT2D eigenvalue weighted by molar-refractivity contribution is 5.88. The first-order chi connectivity index (χ1) is 14.5. The average molecular weight is 411 g/mol. The van der Waals surface area contributed by atoms with E-state index in [-0.39, 0.29) is 24.3 Å². The van der Waals surface area contributed by atoms with Gasteiger partial charge in [-0.05, 0) is 49.4 Å². The van der Waals surface area contributed by atoms with Gasteiger partial charge in [-0.15, -0.1) is 0 Å². The van der Waals surface area contributed by atoms with Crippen molar-refractivity contribution in [2.75, 3.05) is 0 Å². The molecule has 0 unspecified atom stereocenters. The molecule has 1 fully saturated rings. The fourth-order valence-electron chi connectivity index (χ4n) is 4.03. The lowest BCUT2D eigenvalue weighted by Gasteiger charge is -2.31. The first kappa shape index (κ1) is 22.0. The fourth-order valence-corrected chi connectivity index (χ4v) is 4.03. The van der Waals surface area contributed by atoms with Crippen molar-refractivity contribution in [3.63, 3.8) is 0 Å². The second kappa shape index (κ2) is 10.4. The Morgan fingerprint density at radius 1 is 1.03 bits per heavy atom. The van der Waals surface area contributed by atoms with Crippen LogP contribution in [-0.2, 0) is 22.6 Å². The molecule has 2 aromatic carbocycles. The third-order valence-electron chi connectivity index (χ3n) is 6.02. The van der Waals surface area contributed by atoms with Gasteiger partial charge < -0.3 is 10.2 Å². The molecule has 30 heavy (non-hydrogen) atoms. The zero-order valence-corrected chi connectivity index (χ0v) is 17.9. The van der Waals surface area contributed by atoms with Gasteiger partial charge in [0.1, 0.15) is 11.9 Å². The van der Waals surface area contributed by atoms with Crippen molar-refractivity contribution in [2.45, 2.75) is 71.0 Å². The van der Waals surface area contributed by atoms with E-state index in [1.165, 1.54) is 12.5 Å². The predicted molar refractivity (Wildman–Crippen MR) is 116 cm³/mol. The molecule has 0 heterocycles. The molecule has 0 spiro atoms. The minimum atomic E-state index is -0.634. The van der Waals surface area contributed by atoms with E-state index in [1.54, 1.807) is 30.0 Å². The molecular formula is C25H31FN2O2. The SMILES string of the molecule is Cc1ccccc1CN(C(=O)Cc1ccccc1F)[C@@H](C)C(=O)NC1CCCCC1. The van der Waals surface area contributed by atoms with Gasteiger partial charge in [0.05, 0.1) is 6.42 Å². The van der Waals surface area contributed by atoms with Gasteiger partial charge in [0, 0.05) is 12.6 Å². The standard InChI is InChI=1S/C25H31FN2O2/c1-18-10-6-7-12-21(18)17-28(24(29)16-20-11-8-9-15-23(20)26)19(2)25(30)27-22-13-4-3-5-14-22/h6-12,15,19,22H,3-5,13-14,16-17H2,1-2H3,(H,27,30)/t19-/m0/s1. The molecule has 1 aliphatic rings. The molecule has 0 aromatic heterocycles. The molecule has 2 amide bonds. The van der Waals surface area contributed by atoms with Gasteiger partial charge in [0.2, 0.25) is 11.8 Å². The van der Waals surface area contributed by atoms with Crippen LogP contribution in [0.1, 0.15) is 55.7 Å². The molecule has 0 radical (unpaired) electrons. The van der Waals surface area contributed by atoms with Gasteiger partial charge in [-0.3, -0.25) is 9.59 Å². The highest BCUT2D eigenvalue weighted by atomic mass is 19.1. The highest BCUT2D eigenvalue weighted by Crippen LogP contribution is 2.19. The lowest BCUT2D eigenvalue weighted by atomic mass is 9.95. The summed E-state index contributed by atoms with van der Waals surface area (Å²) < 4.78 is 14.1. The van der Waals surface area contributed by atoms with E-state index < -0.39 is 11.9 Å². The second-order valence-electron chi connectivity index (χ2n) is 8.24. The summed E-state index contributed by atoms with van der Waals surface area (Å²) >= 11 is 0. The quantitative estimate of drug-likeness (QED) is 0.728. The average Bonchev–Trinajstić information content (AvgIpc) is 2.75. The molecule has 5 heteroatoms. The van der Waals surface area contributed by atoms with Crippen molar-refractivity contribution >= 4 is 11.8 Å². The summed E-state index contributed by atoms with van der Waals surface area (Å²) in [6.07, 6.45) is 5.36. The Morgan fingerprint density at radius 2 is 1.67 bits per heavy atom. The number of aryl methyl sites for hydroxylation is 1. The van der Waals surface area contributed by atoms with E-state index in [9.17, 15) is 14.0 Å². The molecule has 4 nitrogen and oxygen atoms in total. The van der Waals surface area contributed by atoms with Crippen molar-refractivity contribution in [2.24, 2.45) is 0 Å². The lowest BCUT2D eigenvalue weighted by molar-refractivity contribution is -0.140. The van der Waals surface area contributed by atoms with E-state index in [0.29, 0.717) is 12.1 Å². The highest BCUT2D eigenvalue weighted by Gasteiger charge is 2.28. The largest absolute Gasteiger partial charge is 0.352 e. The Balaban J connectivity index is 1.78. The number of hydrogen-bond acceptors (Lipinski definition) is 2. The van der Waals surface area contributed by atoms with E-state index >= 15 is 0 Å². The third-order valence-corrected chi connectivity index (χ3v) is 6.02.